The van der Waals surface area contributed by atoms with Crippen molar-refractivity contribution in [3.05, 3.63) is 102 Å². The van der Waals surface area contributed by atoms with Crippen molar-refractivity contribution < 1.29 is 0 Å². The van der Waals surface area contributed by atoms with Gasteiger partial charge in [0.2, 0.25) is 0 Å². The maximum absolute atomic E-state index is 4.81. The third-order valence-electron chi connectivity index (χ3n) is 5.00. The number of aromatic nitrogens is 1. The molecular weight excluding hydrogens is 292 g/mol. The summed E-state index contributed by atoms with van der Waals surface area (Å²) in [5, 5.41) is 0. The lowest BCUT2D eigenvalue weighted by molar-refractivity contribution is 0.194. The van der Waals surface area contributed by atoms with Crippen molar-refractivity contribution in [2.24, 2.45) is 0 Å². The zero-order valence-electron chi connectivity index (χ0n) is 13.8. The predicted octanol–water partition coefficient (Wildman–Crippen LogP) is 4.47. The summed E-state index contributed by atoms with van der Waals surface area (Å²) < 4.78 is 0. The Balaban J connectivity index is 2.03. The molecule has 4 rings (SSSR count). The predicted molar refractivity (Wildman–Crippen MR) is 97.8 cm³/mol. The number of hydrogen-bond donors (Lipinski definition) is 0. The van der Waals surface area contributed by atoms with Gasteiger partial charge < -0.3 is 0 Å². The van der Waals surface area contributed by atoms with Gasteiger partial charge in [-0.25, -0.2) is 0 Å². The van der Waals surface area contributed by atoms with Gasteiger partial charge in [-0.1, -0.05) is 66.7 Å². The molecule has 1 aliphatic heterocycles. The van der Waals surface area contributed by atoms with Crippen LogP contribution in [0.3, 0.4) is 0 Å². The first-order chi connectivity index (χ1) is 11.9. The van der Waals surface area contributed by atoms with Crippen molar-refractivity contribution >= 4 is 0 Å². The lowest BCUT2D eigenvalue weighted by Gasteiger charge is -2.42. The summed E-state index contributed by atoms with van der Waals surface area (Å²) in [6.07, 6.45) is 4.40. The summed E-state index contributed by atoms with van der Waals surface area (Å²) in [6.45, 7) is 2.20. The number of likely N-dealkylation sites (tertiary alicyclic amines) is 1. The SMILES string of the molecule is c1ccc(C(c2ccccc2)(c2ccccn2)N2CCCC2)cc1. The van der Waals surface area contributed by atoms with Crippen molar-refractivity contribution in [3.8, 4) is 0 Å². The van der Waals surface area contributed by atoms with Crippen LogP contribution in [0, 0.1) is 0 Å². The molecule has 24 heavy (non-hydrogen) atoms. The molecule has 0 saturated carbocycles. The molecule has 0 amide bonds. The zero-order valence-corrected chi connectivity index (χ0v) is 13.8. The summed E-state index contributed by atoms with van der Waals surface area (Å²) >= 11 is 0. The maximum Gasteiger partial charge on any atom is 0.114 e. The molecular formula is C22H22N2. The fraction of sp³-hybridized carbons (Fsp3) is 0.227. The minimum Gasteiger partial charge on any atom is -0.285 e. The molecule has 1 aliphatic rings. The highest BCUT2D eigenvalue weighted by molar-refractivity contribution is 5.47. The van der Waals surface area contributed by atoms with E-state index in [1.165, 1.54) is 24.0 Å². The summed E-state index contributed by atoms with van der Waals surface area (Å²) in [5.41, 5.74) is 3.36. The van der Waals surface area contributed by atoms with E-state index < -0.39 is 0 Å². The molecule has 2 nitrogen and oxygen atoms in total. The van der Waals surface area contributed by atoms with E-state index in [1.807, 2.05) is 12.3 Å². The molecule has 0 atom stereocenters. The fourth-order valence-electron chi connectivity index (χ4n) is 3.98. The van der Waals surface area contributed by atoms with Crippen molar-refractivity contribution in [2.75, 3.05) is 13.1 Å². The average Bonchev–Trinajstić information content (AvgIpc) is 3.20. The molecule has 0 unspecified atom stereocenters. The first-order valence-electron chi connectivity index (χ1n) is 8.70. The number of benzene rings is 2. The van der Waals surface area contributed by atoms with Crippen LogP contribution in [0.15, 0.2) is 85.1 Å². The Labute approximate surface area is 143 Å². The van der Waals surface area contributed by atoms with E-state index in [0.29, 0.717) is 0 Å². The summed E-state index contributed by atoms with van der Waals surface area (Å²) in [5.74, 6) is 0. The lowest BCUT2D eigenvalue weighted by Crippen LogP contribution is -2.47. The van der Waals surface area contributed by atoms with Gasteiger partial charge in [-0.05, 0) is 49.2 Å². The molecule has 1 aromatic heterocycles. The monoisotopic (exact) mass is 314 g/mol. The van der Waals surface area contributed by atoms with Gasteiger partial charge in [-0.15, -0.1) is 0 Å². The smallest absolute Gasteiger partial charge is 0.114 e. The second-order valence-corrected chi connectivity index (χ2v) is 6.35. The summed E-state index contributed by atoms with van der Waals surface area (Å²) in [7, 11) is 0. The van der Waals surface area contributed by atoms with Crippen LogP contribution >= 0.6 is 0 Å². The molecule has 2 heteroatoms. The van der Waals surface area contributed by atoms with E-state index in [1.54, 1.807) is 0 Å². The van der Waals surface area contributed by atoms with Crippen LogP contribution < -0.4 is 0 Å². The van der Waals surface area contributed by atoms with Crippen LogP contribution in [0.4, 0.5) is 0 Å². The Bertz CT molecular complexity index is 666. The van der Waals surface area contributed by atoms with Gasteiger partial charge in [0.05, 0.1) is 5.69 Å². The van der Waals surface area contributed by atoms with Crippen molar-refractivity contribution in [1.82, 2.24) is 9.88 Å². The average molecular weight is 314 g/mol. The standard InChI is InChI=1S/C22H22N2/c1-3-11-19(12-4-1)22(24-17-9-10-18-24,20-13-5-2-6-14-20)21-15-7-8-16-23-21/h1-8,11-16H,9-10,17-18H2. The van der Waals surface area contributed by atoms with Crippen molar-refractivity contribution in [3.63, 3.8) is 0 Å². The first-order valence-corrected chi connectivity index (χ1v) is 8.70. The Kier molecular flexibility index (Phi) is 4.14. The maximum atomic E-state index is 4.81. The molecule has 0 radical (unpaired) electrons. The summed E-state index contributed by atoms with van der Waals surface area (Å²) in [6, 6.07) is 27.9. The minimum atomic E-state index is -0.319. The van der Waals surface area contributed by atoms with Gasteiger partial charge >= 0.3 is 0 Å². The molecule has 2 heterocycles. The number of nitrogens with zero attached hydrogens (tertiary/aromatic N) is 2. The van der Waals surface area contributed by atoms with Crippen LogP contribution in [-0.2, 0) is 5.54 Å². The van der Waals surface area contributed by atoms with Gasteiger partial charge in [0.25, 0.3) is 0 Å². The second-order valence-electron chi connectivity index (χ2n) is 6.35. The normalized spacial score (nSPS) is 15.5. The number of pyridine rings is 1. The molecule has 0 spiro atoms. The number of hydrogen-bond acceptors (Lipinski definition) is 2. The zero-order chi connectivity index (χ0) is 16.2. The molecule has 1 saturated heterocycles. The van der Waals surface area contributed by atoms with Gasteiger partial charge in [0, 0.05) is 6.20 Å². The van der Waals surface area contributed by atoms with E-state index >= 15 is 0 Å². The molecule has 3 aromatic rings. The Hall–Kier alpha value is -2.45. The lowest BCUT2D eigenvalue weighted by atomic mass is 9.78. The van der Waals surface area contributed by atoms with Gasteiger partial charge in [-0.3, -0.25) is 9.88 Å². The number of rotatable bonds is 4. The summed E-state index contributed by atoms with van der Waals surface area (Å²) in [4.78, 5) is 7.40. The Morgan fingerprint density at radius 2 is 1.21 bits per heavy atom. The third-order valence-corrected chi connectivity index (χ3v) is 5.00. The molecule has 0 aliphatic carbocycles. The molecule has 2 aromatic carbocycles. The second kappa shape index (κ2) is 6.58. The first kappa shape index (κ1) is 15.1. The van der Waals surface area contributed by atoms with Gasteiger partial charge in [0.1, 0.15) is 5.54 Å². The van der Waals surface area contributed by atoms with Crippen LogP contribution in [0.1, 0.15) is 29.7 Å². The highest BCUT2D eigenvalue weighted by Gasteiger charge is 2.44. The van der Waals surface area contributed by atoms with E-state index in [2.05, 4.69) is 77.7 Å². The highest BCUT2D eigenvalue weighted by Crippen LogP contribution is 2.42. The van der Waals surface area contributed by atoms with Crippen molar-refractivity contribution in [2.45, 2.75) is 18.4 Å². The largest absolute Gasteiger partial charge is 0.285 e. The van der Waals surface area contributed by atoms with E-state index in [-0.39, 0.29) is 5.54 Å². The van der Waals surface area contributed by atoms with Crippen LogP contribution in [-0.4, -0.2) is 23.0 Å². The van der Waals surface area contributed by atoms with Gasteiger partial charge in [0.15, 0.2) is 0 Å². The van der Waals surface area contributed by atoms with Crippen LogP contribution in [0.2, 0.25) is 0 Å². The molecule has 1 fully saturated rings. The molecule has 0 bridgehead atoms. The Morgan fingerprint density at radius 1 is 0.667 bits per heavy atom. The van der Waals surface area contributed by atoms with Gasteiger partial charge in [-0.2, -0.15) is 0 Å². The van der Waals surface area contributed by atoms with E-state index in [9.17, 15) is 0 Å². The minimum absolute atomic E-state index is 0.319. The quantitative estimate of drug-likeness (QED) is 0.706. The van der Waals surface area contributed by atoms with Crippen LogP contribution in [0.25, 0.3) is 0 Å². The van der Waals surface area contributed by atoms with Crippen LogP contribution in [0.5, 0.6) is 0 Å². The highest BCUT2D eigenvalue weighted by atomic mass is 15.2. The van der Waals surface area contributed by atoms with E-state index in [4.69, 9.17) is 4.98 Å². The third kappa shape index (κ3) is 2.44. The van der Waals surface area contributed by atoms with Crippen molar-refractivity contribution in [1.29, 1.82) is 0 Å². The topological polar surface area (TPSA) is 16.1 Å². The molecule has 0 N–H and O–H groups in total. The fourth-order valence-corrected chi connectivity index (χ4v) is 3.98. The van der Waals surface area contributed by atoms with E-state index in [0.717, 1.165) is 18.8 Å². The Morgan fingerprint density at radius 3 is 1.71 bits per heavy atom. The molecule has 120 valence electrons.